The van der Waals surface area contributed by atoms with Crippen molar-refractivity contribution in [1.29, 1.82) is 0 Å². The molecule has 7 nitrogen and oxygen atoms in total. The summed E-state index contributed by atoms with van der Waals surface area (Å²) < 4.78 is 5.40. The van der Waals surface area contributed by atoms with Gasteiger partial charge in [-0.2, -0.15) is 4.98 Å². The van der Waals surface area contributed by atoms with Gasteiger partial charge in [0.15, 0.2) is 5.96 Å². The molecule has 1 aromatic heterocycles. The maximum atomic E-state index is 6.05. The highest BCUT2D eigenvalue weighted by Crippen LogP contribution is 2.21. The Morgan fingerprint density at radius 2 is 2.10 bits per heavy atom. The molecule has 0 radical (unpaired) electrons. The lowest BCUT2D eigenvalue weighted by atomic mass is 10.1. The van der Waals surface area contributed by atoms with Crippen LogP contribution in [-0.2, 0) is 6.42 Å². The highest BCUT2D eigenvalue weighted by Gasteiger charge is 2.27. The van der Waals surface area contributed by atoms with E-state index in [2.05, 4.69) is 30.2 Å². The van der Waals surface area contributed by atoms with E-state index in [-0.39, 0.29) is 24.0 Å². The van der Waals surface area contributed by atoms with Crippen LogP contribution in [-0.4, -0.2) is 72.2 Å². The number of rotatable bonds is 6. The van der Waals surface area contributed by atoms with E-state index in [0.29, 0.717) is 29.7 Å². The predicted molar refractivity (Wildman–Crippen MR) is 135 cm³/mol. The molecular weight excluding hydrogens is 527 g/mol. The van der Waals surface area contributed by atoms with Gasteiger partial charge in [-0.15, -0.1) is 24.0 Å². The first-order chi connectivity index (χ1) is 14.7. The number of benzene rings is 1. The van der Waals surface area contributed by atoms with Crippen molar-refractivity contribution >= 4 is 41.5 Å². The molecule has 170 valence electrons. The second-order valence-electron chi connectivity index (χ2n) is 8.21. The summed E-state index contributed by atoms with van der Waals surface area (Å²) >= 11 is 6.05. The molecule has 31 heavy (non-hydrogen) atoms. The summed E-state index contributed by atoms with van der Waals surface area (Å²) in [5.41, 5.74) is 0.859. The fourth-order valence-electron chi connectivity index (χ4n) is 4.40. The Bertz CT molecular complexity index is 854. The van der Waals surface area contributed by atoms with Gasteiger partial charge in [0, 0.05) is 50.2 Å². The van der Waals surface area contributed by atoms with Crippen LogP contribution in [0.4, 0.5) is 0 Å². The lowest BCUT2D eigenvalue weighted by Crippen LogP contribution is -2.42. The molecule has 0 saturated carbocycles. The van der Waals surface area contributed by atoms with E-state index in [0.717, 1.165) is 30.5 Å². The summed E-state index contributed by atoms with van der Waals surface area (Å²) in [6.45, 7) is 6.61. The molecule has 2 aromatic rings. The van der Waals surface area contributed by atoms with Gasteiger partial charge in [-0.1, -0.05) is 35.3 Å². The Labute approximate surface area is 206 Å². The Morgan fingerprint density at radius 1 is 1.26 bits per heavy atom. The van der Waals surface area contributed by atoms with E-state index in [4.69, 9.17) is 16.1 Å². The lowest BCUT2D eigenvalue weighted by molar-refractivity contribution is 0.198. The molecule has 1 N–H and O–H groups in total. The number of aliphatic imine (C=N–C) groups is 1. The number of hydrogen-bond acceptors (Lipinski definition) is 5. The van der Waals surface area contributed by atoms with E-state index in [1.807, 2.05) is 31.3 Å². The maximum absolute atomic E-state index is 6.05. The zero-order valence-electron chi connectivity index (χ0n) is 18.1. The second-order valence-corrected chi connectivity index (χ2v) is 8.64. The third-order valence-electron chi connectivity index (χ3n) is 5.94. The van der Waals surface area contributed by atoms with Gasteiger partial charge in [0.05, 0.1) is 0 Å². The van der Waals surface area contributed by atoms with Crippen LogP contribution in [0.25, 0.3) is 11.4 Å². The Hall–Kier alpha value is -1.39. The second kappa shape index (κ2) is 12.0. The van der Waals surface area contributed by atoms with Crippen LogP contribution in [0.15, 0.2) is 33.8 Å². The fourth-order valence-corrected chi connectivity index (χ4v) is 4.59. The van der Waals surface area contributed by atoms with Crippen LogP contribution in [0.5, 0.6) is 0 Å². The molecule has 2 saturated heterocycles. The van der Waals surface area contributed by atoms with Gasteiger partial charge in [0.2, 0.25) is 11.7 Å². The SMILES string of the molecule is CN=C(NCCc1nc(-c2cccc(Cl)c2)no1)N1CCC(CN2CCCCC2)C1.I. The molecule has 0 aliphatic carbocycles. The normalized spacial score (nSPS) is 20.0. The Kier molecular flexibility index (Phi) is 9.40. The van der Waals surface area contributed by atoms with Gasteiger partial charge in [0.1, 0.15) is 0 Å². The average molecular weight is 559 g/mol. The molecule has 3 heterocycles. The molecule has 2 aliphatic rings. The molecule has 2 fully saturated rings. The molecule has 4 rings (SSSR count). The molecule has 1 unspecified atom stereocenters. The van der Waals surface area contributed by atoms with Gasteiger partial charge in [0.25, 0.3) is 0 Å². The number of nitrogens with zero attached hydrogens (tertiary/aromatic N) is 5. The Morgan fingerprint density at radius 3 is 2.87 bits per heavy atom. The number of piperidine rings is 1. The average Bonchev–Trinajstić information content (AvgIpc) is 3.42. The van der Waals surface area contributed by atoms with E-state index < -0.39 is 0 Å². The zero-order valence-corrected chi connectivity index (χ0v) is 21.2. The zero-order chi connectivity index (χ0) is 20.8. The molecule has 1 aromatic carbocycles. The van der Waals surface area contributed by atoms with Crippen molar-refractivity contribution in [2.75, 3.05) is 46.3 Å². The third-order valence-corrected chi connectivity index (χ3v) is 6.17. The van der Waals surface area contributed by atoms with Crippen LogP contribution >= 0.6 is 35.6 Å². The number of nitrogens with one attached hydrogen (secondary N) is 1. The number of aromatic nitrogens is 2. The molecule has 0 amide bonds. The highest BCUT2D eigenvalue weighted by atomic mass is 127. The highest BCUT2D eigenvalue weighted by molar-refractivity contribution is 14.0. The number of likely N-dealkylation sites (tertiary alicyclic amines) is 2. The molecule has 1 atom stereocenters. The minimum atomic E-state index is 0. The monoisotopic (exact) mass is 558 g/mol. The fraction of sp³-hybridized carbons (Fsp3) is 0.591. The van der Waals surface area contributed by atoms with Gasteiger partial charge in [-0.25, -0.2) is 0 Å². The summed E-state index contributed by atoms with van der Waals surface area (Å²) in [4.78, 5) is 14.0. The van der Waals surface area contributed by atoms with Crippen LogP contribution in [0, 0.1) is 5.92 Å². The van der Waals surface area contributed by atoms with E-state index in [9.17, 15) is 0 Å². The van der Waals surface area contributed by atoms with Crippen LogP contribution in [0.3, 0.4) is 0 Å². The first kappa shape index (κ1) is 24.3. The summed E-state index contributed by atoms with van der Waals surface area (Å²) in [7, 11) is 1.85. The molecule has 2 aliphatic heterocycles. The topological polar surface area (TPSA) is 69.8 Å². The smallest absolute Gasteiger partial charge is 0.228 e. The quantitative estimate of drug-likeness (QED) is 0.329. The van der Waals surface area contributed by atoms with Crippen molar-refractivity contribution in [3.63, 3.8) is 0 Å². The summed E-state index contributed by atoms with van der Waals surface area (Å²) in [6.07, 6.45) is 5.99. The first-order valence-corrected chi connectivity index (χ1v) is 11.4. The molecule has 9 heteroatoms. The summed E-state index contributed by atoms with van der Waals surface area (Å²) in [5.74, 6) is 2.87. The Balaban J connectivity index is 0.00000272. The van der Waals surface area contributed by atoms with Gasteiger partial charge in [-0.05, 0) is 50.4 Å². The van der Waals surface area contributed by atoms with Crippen molar-refractivity contribution in [3.05, 3.63) is 35.2 Å². The minimum absolute atomic E-state index is 0. The lowest BCUT2D eigenvalue weighted by Gasteiger charge is -2.29. The number of halogens is 2. The van der Waals surface area contributed by atoms with Crippen LogP contribution in [0.2, 0.25) is 5.02 Å². The van der Waals surface area contributed by atoms with Gasteiger partial charge in [-0.3, -0.25) is 4.99 Å². The van der Waals surface area contributed by atoms with Crippen LogP contribution < -0.4 is 5.32 Å². The van der Waals surface area contributed by atoms with Crippen molar-refractivity contribution in [2.24, 2.45) is 10.9 Å². The molecule has 0 spiro atoms. The van der Waals surface area contributed by atoms with E-state index >= 15 is 0 Å². The maximum Gasteiger partial charge on any atom is 0.228 e. The summed E-state index contributed by atoms with van der Waals surface area (Å²) in [6, 6.07) is 7.48. The van der Waals surface area contributed by atoms with Gasteiger partial charge < -0.3 is 19.6 Å². The van der Waals surface area contributed by atoms with Gasteiger partial charge >= 0.3 is 0 Å². The van der Waals surface area contributed by atoms with Crippen molar-refractivity contribution < 1.29 is 4.52 Å². The van der Waals surface area contributed by atoms with E-state index in [1.165, 1.54) is 45.3 Å². The number of hydrogen-bond donors (Lipinski definition) is 1. The first-order valence-electron chi connectivity index (χ1n) is 11.0. The molecular formula is C22H32ClIN6O. The molecule has 0 bridgehead atoms. The predicted octanol–water partition coefficient (Wildman–Crippen LogP) is 3.93. The van der Waals surface area contributed by atoms with Crippen LogP contribution in [0.1, 0.15) is 31.6 Å². The van der Waals surface area contributed by atoms with Crippen molar-refractivity contribution in [2.45, 2.75) is 32.1 Å². The standard InChI is InChI=1S/C22H31ClN6O.HI/c1-24-22(29-13-9-17(16-29)15-28-11-3-2-4-12-28)25-10-8-20-26-21(27-30-20)18-6-5-7-19(23)14-18;/h5-7,14,17H,2-4,8-13,15-16H2,1H3,(H,24,25);1H. The van der Waals surface area contributed by atoms with Crippen molar-refractivity contribution in [1.82, 2.24) is 25.3 Å². The number of guanidine groups is 1. The van der Waals surface area contributed by atoms with E-state index in [1.54, 1.807) is 0 Å². The largest absolute Gasteiger partial charge is 0.356 e. The summed E-state index contributed by atoms with van der Waals surface area (Å²) in [5, 5.41) is 8.19. The van der Waals surface area contributed by atoms with Crippen molar-refractivity contribution in [3.8, 4) is 11.4 Å². The third kappa shape index (κ3) is 6.79. The minimum Gasteiger partial charge on any atom is -0.356 e.